The van der Waals surface area contributed by atoms with Crippen molar-refractivity contribution in [2.24, 2.45) is 0 Å². The summed E-state index contributed by atoms with van der Waals surface area (Å²) < 4.78 is 11.0. The van der Waals surface area contributed by atoms with Crippen LogP contribution in [-0.2, 0) is 20.7 Å². The molecule has 2 atom stereocenters. The third kappa shape index (κ3) is 4.73. The van der Waals surface area contributed by atoms with E-state index < -0.39 is 12.1 Å². The SMILES string of the molecule is CC[C@H](C)c1ccccc1NC(=O)[C@H](C)OC(=O)Cc1coc2cc(C)c(C)cc12. The number of hydrogen-bond donors (Lipinski definition) is 1. The Balaban J connectivity index is 1.65. The molecule has 0 saturated carbocycles. The Hall–Kier alpha value is -3.08. The zero-order valence-electron chi connectivity index (χ0n) is 18.2. The summed E-state index contributed by atoms with van der Waals surface area (Å²) in [6.07, 6.45) is 1.70. The average Bonchev–Trinajstić information content (AvgIpc) is 3.09. The van der Waals surface area contributed by atoms with Crippen LogP contribution < -0.4 is 5.32 Å². The van der Waals surface area contributed by atoms with Gasteiger partial charge in [-0.25, -0.2) is 0 Å². The maximum absolute atomic E-state index is 12.6. The van der Waals surface area contributed by atoms with Gasteiger partial charge in [0.05, 0.1) is 12.7 Å². The largest absolute Gasteiger partial charge is 0.464 e. The highest BCUT2D eigenvalue weighted by molar-refractivity contribution is 5.96. The molecule has 2 aromatic carbocycles. The van der Waals surface area contributed by atoms with Gasteiger partial charge in [-0.3, -0.25) is 9.59 Å². The molecule has 0 bridgehead atoms. The van der Waals surface area contributed by atoms with E-state index in [1.54, 1.807) is 13.2 Å². The molecule has 1 N–H and O–H groups in total. The number of hydrogen-bond acceptors (Lipinski definition) is 4. The Kier molecular flexibility index (Phi) is 6.60. The zero-order valence-corrected chi connectivity index (χ0v) is 18.2. The minimum atomic E-state index is -0.898. The second-order valence-electron chi connectivity index (χ2n) is 7.89. The number of para-hydroxylation sites is 1. The van der Waals surface area contributed by atoms with Crippen molar-refractivity contribution in [1.82, 2.24) is 0 Å². The van der Waals surface area contributed by atoms with Gasteiger partial charge >= 0.3 is 5.97 Å². The predicted octanol–water partition coefficient (Wildman–Crippen LogP) is 5.68. The first kappa shape index (κ1) is 21.6. The molecule has 0 radical (unpaired) electrons. The monoisotopic (exact) mass is 407 g/mol. The molecule has 0 aliphatic rings. The van der Waals surface area contributed by atoms with E-state index in [0.717, 1.165) is 45.3 Å². The molecule has 5 heteroatoms. The molecule has 3 rings (SSSR count). The van der Waals surface area contributed by atoms with E-state index in [4.69, 9.17) is 9.15 Å². The van der Waals surface area contributed by atoms with Crippen molar-refractivity contribution in [3.8, 4) is 0 Å². The van der Waals surface area contributed by atoms with Crippen molar-refractivity contribution in [3.05, 3.63) is 64.9 Å². The van der Waals surface area contributed by atoms with Crippen molar-refractivity contribution < 1.29 is 18.7 Å². The number of ether oxygens (including phenoxy) is 1. The number of fused-ring (bicyclic) bond motifs is 1. The molecule has 1 amide bonds. The second-order valence-corrected chi connectivity index (χ2v) is 7.89. The number of aryl methyl sites for hydroxylation is 2. The number of amides is 1. The van der Waals surface area contributed by atoms with Crippen LogP contribution in [-0.4, -0.2) is 18.0 Å². The normalized spacial score (nSPS) is 13.1. The van der Waals surface area contributed by atoms with E-state index in [-0.39, 0.29) is 12.3 Å². The van der Waals surface area contributed by atoms with Gasteiger partial charge in [0.15, 0.2) is 6.10 Å². The fourth-order valence-corrected chi connectivity index (χ4v) is 3.42. The fraction of sp³-hybridized carbons (Fsp3) is 0.360. The van der Waals surface area contributed by atoms with Crippen LogP contribution in [0.3, 0.4) is 0 Å². The highest BCUT2D eigenvalue weighted by Crippen LogP contribution is 2.27. The Bertz CT molecular complexity index is 1070. The summed E-state index contributed by atoms with van der Waals surface area (Å²) in [6.45, 7) is 9.85. The summed E-state index contributed by atoms with van der Waals surface area (Å²) in [7, 11) is 0. The topological polar surface area (TPSA) is 68.5 Å². The van der Waals surface area contributed by atoms with E-state index in [1.807, 2.05) is 50.2 Å². The number of nitrogens with one attached hydrogen (secondary N) is 1. The number of benzene rings is 2. The molecule has 0 saturated heterocycles. The van der Waals surface area contributed by atoms with Crippen molar-refractivity contribution in [2.45, 2.75) is 59.5 Å². The molecular weight excluding hydrogens is 378 g/mol. The van der Waals surface area contributed by atoms with E-state index in [0.29, 0.717) is 5.92 Å². The number of rotatable bonds is 7. The Morgan fingerprint density at radius 1 is 1.10 bits per heavy atom. The van der Waals surface area contributed by atoms with E-state index >= 15 is 0 Å². The predicted molar refractivity (Wildman–Crippen MR) is 119 cm³/mol. The Labute approximate surface area is 177 Å². The molecule has 30 heavy (non-hydrogen) atoms. The van der Waals surface area contributed by atoms with Gasteiger partial charge in [0.25, 0.3) is 5.91 Å². The van der Waals surface area contributed by atoms with Crippen molar-refractivity contribution in [1.29, 1.82) is 0 Å². The quantitative estimate of drug-likeness (QED) is 0.512. The molecule has 3 aromatic rings. The van der Waals surface area contributed by atoms with Gasteiger partial charge in [-0.2, -0.15) is 0 Å². The standard InChI is InChI=1S/C25H29NO4/c1-6-15(2)20-9-7-8-10-22(20)26-25(28)18(5)30-24(27)13-19-14-29-23-12-17(4)16(3)11-21(19)23/h7-12,14-15,18H,6,13H2,1-5H3,(H,26,28)/t15-,18-/m0/s1. The fourth-order valence-electron chi connectivity index (χ4n) is 3.42. The molecule has 0 fully saturated rings. The van der Waals surface area contributed by atoms with Gasteiger partial charge in [-0.05, 0) is 68.0 Å². The van der Waals surface area contributed by atoms with Crippen molar-refractivity contribution in [2.75, 3.05) is 5.32 Å². The summed E-state index contributed by atoms with van der Waals surface area (Å²) in [4.78, 5) is 25.1. The molecule has 0 unspecified atom stereocenters. The lowest BCUT2D eigenvalue weighted by molar-refractivity contribution is -0.152. The van der Waals surface area contributed by atoms with Crippen LogP contribution in [0, 0.1) is 13.8 Å². The molecule has 0 aliphatic heterocycles. The lowest BCUT2D eigenvalue weighted by Gasteiger charge is -2.18. The maximum Gasteiger partial charge on any atom is 0.311 e. The van der Waals surface area contributed by atoms with E-state index in [1.165, 1.54) is 0 Å². The Morgan fingerprint density at radius 3 is 2.53 bits per heavy atom. The number of anilines is 1. The summed E-state index contributed by atoms with van der Waals surface area (Å²) in [5.41, 5.74) is 5.59. The molecule has 1 heterocycles. The first-order valence-electron chi connectivity index (χ1n) is 10.4. The lowest BCUT2D eigenvalue weighted by Crippen LogP contribution is -2.30. The number of carbonyl (C=O) groups is 2. The summed E-state index contributed by atoms with van der Waals surface area (Å²) in [5.74, 6) is -0.489. The molecular formula is C25H29NO4. The molecule has 158 valence electrons. The van der Waals surface area contributed by atoms with Crippen LogP contribution in [0.2, 0.25) is 0 Å². The van der Waals surface area contributed by atoms with Crippen LogP contribution in [0.5, 0.6) is 0 Å². The van der Waals surface area contributed by atoms with Gasteiger partial charge in [0, 0.05) is 16.6 Å². The molecule has 1 aromatic heterocycles. The summed E-state index contributed by atoms with van der Waals surface area (Å²) >= 11 is 0. The first-order valence-corrected chi connectivity index (χ1v) is 10.4. The van der Waals surface area contributed by atoms with Crippen molar-refractivity contribution >= 4 is 28.5 Å². The van der Waals surface area contributed by atoms with Crippen LogP contribution in [0.15, 0.2) is 47.1 Å². The van der Waals surface area contributed by atoms with E-state index in [2.05, 4.69) is 19.2 Å². The lowest BCUT2D eigenvalue weighted by atomic mass is 9.97. The van der Waals surface area contributed by atoms with Gasteiger partial charge in [0.1, 0.15) is 5.58 Å². The minimum Gasteiger partial charge on any atom is -0.464 e. The summed E-state index contributed by atoms with van der Waals surface area (Å²) in [6, 6.07) is 11.7. The number of carbonyl (C=O) groups excluding carboxylic acids is 2. The highest BCUT2D eigenvalue weighted by Gasteiger charge is 2.21. The van der Waals surface area contributed by atoms with Crippen LogP contribution in [0.25, 0.3) is 11.0 Å². The van der Waals surface area contributed by atoms with E-state index in [9.17, 15) is 9.59 Å². The third-order valence-corrected chi connectivity index (χ3v) is 5.64. The van der Waals surface area contributed by atoms with Gasteiger partial charge in [-0.1, -0.05) is 32.0 Å². The van der Waals surface area contributed by atoms with Crippen molar-refractivity contribution in [3.63, 3.8) is 0 Å². The average molecular weight is 408 g/mol. The minimum absolute atomic E-state index is 0.0522. The molecule has 5 nitrogen and oxygen atoms in total. The maximum atomic E-state index is 12.6. The Morgan fingerprint density at radius 2 is 1.80 bits per heavy atom. The van der Waals surface area contributed by atoms with Gasteiger partial charge in [-0.15, -0.1) is 0 Å². The smallest absolute Gasteiger partial charge is 0.311 e. The van der Waals surface area contributed by atoms with Gasteiger partial charge in [0.2, 0.25) is 0 Å². The second kappa shape index (κ2) is 9.16. The summed E-state index contributed by atoms with van der Waals surface area (Å²) in [5, 5.41) is 3.80. The van der Waals surface area contributed by atoms with Crippen LogP contribution >= 0.6 is 0 Å². The highest BCUT2D eigenvalue weighted by atomic mass is 16.5. The van der Waals surface area contributed by atoms with Crippen LogP contribution in [0.1, 0.15) is 55.4 Å². The van der Waals surface area contributed by atoms with Crippen LogP contribution in [0.4, 0.5) is 5.69 Å². The molecule has 0 aliphatic carbocycles. The first-order chi connectivity index (χ1) is 14.3. The number of furan rings is 1. The third-order valence-electron chi connectivity index (χ3n) is 5.64. The van der Waals surface area contributed by atoms with Gasteiger partial charge < -0.3 is 14.5 Å². The zero-order chi connectivity index (χ0) is 21.8. The molecule has 0 spiro atoms. The number of esters is 1.